The van der Waals surface area contributed by atoms with E-state index in [-0.39, 0.29) is 6.10 Å². The van der Waals surface area contributed by atoms with Gasteiger partial charge >= 0.3 is 0 Å². The molecule has 0 saturated carbocycles. The fourth-order valence-corrected chi connectivity index (χ4v) is 1.22. The lowest BCUT2D eigenvalue weighted by atomic mass is 10.3. The molecule has 5 nitrogen and oxygen atoms in total. The zero-order chi connectivity index (χ0) is 9.97. The van der Waals surface area contributed by atoms with Gasteiger partial charge in [0.2, 0.25) is 5.89 Å². The Hall–Kier alpha value is -1.46. The summed E-state index contributed by atoms with van der Waals surface area (Å²) in [5.74, 6) is 0.476. The van der Waals surface area contributed by atoms with Gasteiger partial charge < -0.3 is 14.9 Å². The maximum Gasteiger partial charge on any atom is 0.227 e. The van der Waals surface area contributed by atoms with E-state index in [9.17, 15) is 0 Å². The van der Waals surface area contributed by atoms with Crippen molar-refractivity contribution < 1.29 is 9.15 Å². The average Bonchev–Trinajstić information content (AvgIpc) is 2.63. The van der Waals surface area contributed by atoms with E-state index in [0.717, 1.165) is 0 Å². The van der Waals surface area contributed by atoms with E-state index >= 15 is 0 Å². The first kappa shape index (κ1) is 9.11. The molecule has 0 aliphatic rings. The van der Waals surface area contributed by atoms with Crippen LogP contribution in [0.3, 0.4) is 0 Å². The van der Waals surface area contributed by atoms with E-state index in [1.165, 1.54) is 0 Å². The summed E-state index contributed by atoms with van der Waals surface area (Å²) in [5, 5.41) is 0. The quantitative estimate of drug-likeness (QED) is 0.782. The molecule has 0 amide bonds. The molecular formula is C9H11N3O2. The first-order valence-corrected chi connectivity index (χ1v) is 4.29. The maximum atomic E-state index is 5.49. The van der Waals surface area contributed by atoms with Gasteiger partial charge in [0.1, 0.15) is 6.10 Å². The van der Waals surface area contributed by atoms with Crippen molar-refractivity contribution in [1.29, 1.82) is 0 Å². The van der Waals surface area contributed by atoms with E-state index in [2.05, 4.69) is 9.97 Å². The zero-order valence-corrected chi connectivity index (χ0v) is 7.80. The Bertz CT molecular complexity index is 390. The fourth-order valence-electron chi connectivity index (χ4n) is 1.22. The molecular weight excluding hydrogens is 182 g/mol. The Morgan fingerprint density at radius 3 is 3.14 bits per heavy atom. The third-order valence-electron chi connectivity index (χ3n) is 1.96. The number of methoxy groups -OCH3 is 1. The third kappa shape index (κ3) is 1.47. The fraction of sp³-hybridized carbons (Fsp3) is 0.333. The number of fused-ring (bicyclic) bond motifs is 1. The Balaban J connectivity index is 2.43. The summed E-state index contributed by atoms with van der Waals surface area (Å²) in [7, 11) is 1.57. The second-order valence-corrected chi connectivity index (χ2v) is 2.84. The van der Waals surface area contributed by atoms with Crippen molar-refractivity contribution >= 4 is 11.2 Å². The van der Waals surface area contributed by atoms with E-state index in [1.807, 2.05) is 6.07 Å². The van der Waals surface area contributed by atoms with Gasteiger partial charge in [-0.3, -0.25) is 0 Å². The number of rotatable bonds is 3. The van der Waals surface area contributed by atoms with Crippen LogP contribution >= 0.6 is 0 Å². The van der Waals surface area contributed by atoms with Gasteiger partial charge in [0, 0.05) is 19.9 Å². The molecule has 1 atom stereocenters. The molecule has 1 unspecified atom stereocenters. The molecule has 2 rings (SSSR count). The first-order valence-electron chi connectivity index (χ1n) is 4.29. The largest absolute Gasteiger partial charge is 0.436 e. The molecule has 0 radical (unpaired) electrons. The molecule has 0 aliphatic carbocycles. The van der Waals surface area contributed by atoms with E-state index < -0.39 is 0 Å². The highest BCUT2D eigenvalue weighted by atomic mass is 16.5. The molecule has 0 fully saturated rings. The highest BCUT2D eigenvalue weighted by molar-refractivity contribution is 5.66. The summed E-state index contributed by atoms with van der Waals surface area (Å²) in [4.78, 5) is 8.22. The number of nitrogens with two attached hydrogens (primary N) is 1. The molecule has 2 aromatic heterocycles. The van der Waals surface area contributed by atoms with Crippen molar-refractivity contribution in [2.24, 2.45) is 5.73 Å². The Kier molecular flexibility index (Phi) is 2.43. The lowest BCUT2D eigenvalue weighted by Gasteiger charge is -2.06. The molecule has 14 heavy (non-hydrogen) atoms. The number of nitrogens with zero attached hydrogens (tertiary/aromatic N) is 2. The second-order valence-electron chi connectivity index (χ2n) is 2.84. The van der Waals surface area contributed by atoms with Gasteiger partial charge in [0.05, 0.1) is 0 Å². The molecule has 0 saturated heterocycles. The number of oxazole rings is 1. The molecule has 0 aliphatic heterocycles. The molecule has 5 heteroatoms. The van der Waals surface area contributed by atoms with Crippen LogP contribution in [-0.4, -0.2) is 23.6 Å². The van der Waals surface area contributed by atoms with Crippen LogP contribution in [-0.2, 0) is 4.74 Å². The topological polar surface area (TPSA) is 74.2 Å². The van der Waals surface area contributed by atoms with Crippen LogP contribution in [0.5, 0.6) is 0 Å². The second kappa shape index (κ2) is 3.73. The van der Waals surface area contributed by atoms with Gasteiger partial charge in [-0.2, -0.15) is 4.98 Å². The van der Waals surface area contributed by atoms with Crippen LogP contribution < -0.4 is 5.73 Å². The third-order valence-corrected chi connectivity index (χ3v) is 1.96. The smallest absolute Gasteiger partial charge is 0.227 e. The normalized spacial score (nSPS) is 13.3. The van der Waals surface area contributed by atoms with Crippen LogP contribution in [0.2, 0.25) is 0 Å². The maximum absolute atomic E-state index is 5.49. The van der Waals surface area contributed by atoms with Gasteiger partial charge in [-0.15, -0.1) is 0 Å². The van der Waals surface area contributed by atoms with Crippen molar-refractivity contribution in [3.63, 3.8) is 0 Å². The first-order chi connectivity index (χ1) is 6.85. The summed E-state index contributed by atoms with van der Waals surface area (Å²) in [6.45, 7) is 0.337. The summed E-state index contributed by atoms with van der Waals surface area (Å²) >= 11 is 0. The molecule has 0 bridgehead atoms. The molecule has 2 aromatic rings. The SMILES string of the molecule is COC(CN)c1nc2ncccc2o1. The van der Waals surface area contributed by atoms with Crippen LogP contribution in [0.15, 0.2) is 22.7 Å². The molecule has 0 spiro atoms. The van der Waals surface area contributed by atoms with Crippen LogP contribution in [0.1, 0.15) is 12.0 Å². The lowest BCUT2D eigenvalue weighted by molar-refractivity contribution is 0.0878. The standard InChI is InChI=1S/C9H11N3O2/c1-13-7(5-10)9-12-8-6(14-9)3-2-4-11-8/h2-4,7H,5,10H2,1H3. The van der Waals surface area contributed by atoms with Crippen LogP contribution in [0, 0.1) is 0 Å². The number of ether oxygens (including phenoxy) is 1. The lowest BCUT2D eigenvalue weighted by Crippen LogP contribution is -2.14. The minimum absolute atomic E-state index is 0.302. The monoisotopic (exact) mass is 193 g/mol. The molecule has 2 heterocycles. The highest BCUT2D eigenvalue weighted by Crippen LogP contribution is 2.19. The minimum Gasteiger partial charge on any atom is -0.436 e. The summed E-state index contributed by atoms with van der Waals surface area (Å²) < 4.78 is 10.5. The van der Waals surface area contributed by atoms with Gasteiger partial charge in [-0.1, -0.05) is 0 Å². The highest BCUT2D eigenvalue weighted by Gasteiger charge is 2.15. The molecule has 2 N–H and O–H groups in total. The minimum atomic E-state index is -0.302. The van der Waals surface area contributed by atoms with Crippen molar-refractivity contribution in [1.82, 2.24) is 9.97 Å². The van der Waals surface area contributed by atoms with Gasteiger partial charge in [0.15, 0.2) is 11.2 Å². The Labute approximate surface area is 80.9 Å². The summed E-state index contributed by atoms with van der Waals surface area (Å²) in [6.07, 6.45) is 1.36. The average molecular weight is 193 g/mol. The van der Waals surface area contributed by atoms with E-state index in [4.69, 9.17) is 14.9 Å². The van der Waals surface area contributed by atoms with Crippen molar-refractivity contribution in [3.05, 3.63) is 24.2 Å². The summed E-state index contributed by atoms with van der Waals surface area (Å²) in [5.41, 5.74) is 6.72. The van der Waals surface area contributed by atoms with Gasteiger partial charge in [0.25, 0.3) is 0 Å². The number of aromatic nitrogens is 2. The van der Waals surface area contributed by atoms with Gasteiger partial charge in [-0.25, -0.2) is 4.98 Å². The number of pyridine rings is 1. The van der Waals surface area contributed by atoms with Crippen molar-refractivity contribution in [3.8, 4) is 0 Å². The Morgan fingerprint density at radius 2 is 2.50 bits per heavy atom. The predicted molar refractivity (Wildman–Crippen MR) is 50.6 cm³/mol. The molecule has 74 valence electrons. The number of hydrogen-bond donors (Lipinski definition) is 1. The van der Waals surface area contributed by atoms with E-state index in [0.29, 0.717) is 23.7 Å². The summed E-state index contributed by atoms with van der Waals surface area (Å²) in [6, 6.07) is 3.60. The van der Waals surface area contributed by atoms with Gasteiger partial charge in [-0.05, 0) is 12.1 Å². The van der Waals surface area contributed by atoms with Crippen molar-refractivity contribution in [2.45, 2.75) is 6.10 Å². The zero-order valence-electron chi connectivity index (χ0n) is 7.80. The predicted octanol–water partition coefficient (Wildman–Crippen LogP) is 0.869. The Morgan fingerprint density at radius 1 is 1.64 bits per heavy atom. The van der Waals surface area contributed by atoms with Crippen LogP contribution in [0.4, 0.5) is 0 Å². The van der Waals surface area contributed by atoms with Crippen molar-refractivity contribution in [2.75, 3.05) is 13.7 Å². The van der Waals surface area contributed by atoms with Crippen LogP contribution in [0.25, 0.3) is 11.2 Å². The molecule has 0 aromatic carbocycles. The number of hydrogen-bond acceptors (Lipinski definition) is 5. The van der Waals surface area contributed by atoms with E-state index in [1.54, 1.807) is 19.4 Å².